The quantitative estimate of drug-likeness (QED) is 0.658. The highest BCUT2D eigenvalue weighted by Crippen LogP contribution is 2.41. The summed E-state index contributed by atoms with van der Waals surface area (Å²) in [7, 11) is 1.41. The minimum absolute atomic E-state index is 0.0121. The topological polar surface area (TPSA) is 85.9 Å². The number of benzene rings is 2. The summed E-state index contributed by atoms with van der Waals surface area (Å²) in [5.74, 6) is -1.98. The second-order valence-electron chi connectivity index (χ2n) is 5.06. The van der Waals surface area contributed by atoms with Crippen LogP contribution >= 0.6 is 0 Å². The van der Waals surface area contributed by atoms with Crippen molar-refractivity contribution < 1.29 is 27.4 Å². The van der Waals surface area contributed by atoms with Gasteiger partial charge in [0, 0.05) is 12.6 Å². The monoisotopic (exact) mass is 351 g/mol. The Morgan fingerprint density at radius 1 is 1.20 bits per heavy atom. The largest absolute Gasteiger partial charge is 0.586 e. The third-order valence-electron chi connectivity index (χ3n) is 3.43. The molecule has 1 aliphatic rings. The fraction of sp³-hybridized carbons (Fsp3) is 0.125. The number of carbonyl (C=O) groups is 1. The Morgan fingerprint density at radius 2 is 1.92 bits per heavy atom. The maximum atomic E-state index is 14.4. The van der Waals surface area contributed by atoms with Gasteiger partial charge in [-0.15, -0.1) is 8.78 Å². The lowest BCUT2D eigenvalue weighted by Crippen LogP contribution is -2.25. The smallest absolute Gasteiger partial charge is 0.395 e. The number of nitrogens with zero attached hydrogens (tertiary/aromatic N) is 1. The predicted molar refractivity (Wildman–Crippen MR) is 83.6 cm³/mol. The van der Waals surface area contributed by atoms with Crippen LogP contribution in [0.4, 0.5) is 18.9 Å². The van der Waals surface area contributed by atoms with Gasteiger partial charge in [0.15, 0.2) is 17.3 Å². The first-order chi connectivity index (χ1) is 11.8. The van der Waals surface area contributed by atoms with Crippen LogP contribution in [0.5, 0.6) is 11.5 Å². The van der Waals surface area contributed by atoms with Crippen molar-refractivity contribution in [2.45, 2.75) is 6.29 Å². The van der Waals surface area contributed by atoms with Gasteiger partial charge in [0.2, 0.25) is 0 Å². The van der Waals surface area contributed by atoms with Gasteiger partial charge in [0.1, 0.15) is 5.84 Å². The van der Waals surface area contributed by atoms with E-state index in [4.69, 9.17) is 5.73 Å². The molecule has 25 heavy (non-hydrogen) atoms. The lowest BCUT2D eigenvalue weighted by atomic mass is 10.1. The molecule has 1 aliphatic heterocycles. The van der Waals surface area contributed by atoms with Gasteiger partial charge in [-0.2, -0.15) is 0 Å². The number of amides is 1. The van der Waals surface area contributed by atoms with Crippen LogP contribution in [-0.4, -0.2) is 25.1 Å². The number of amidine groups is 1. The van der Waals surface area contributed by atoms with Crippen molar-refractivity contribution in [3.05, 3.63) is 53.3 Å². The molecule has 0 saturated heterocycles. The minimum atomic E-state index is -3.78. The molecule has 1 amide bonds. The van der Waals surface area contributed by atoms with Crippen LogP contribution < -0.4 is 20.5 Å². The second-order valence-corrected chi connectivity index (χ2v) is 5.06. The summed E-state index contributed by atoms with van der Waals surface area (Å²) in [6.45, 7) is 0. The standard InChI is InChI=1S/C16H12F3N3O3/c1-21-14(20)9-3-2-4-10(13(9)17)22-15(23)8-5-6-11-12(7-8)25-16(18,19)24-11/h2-7H,1H3,(H2,20,21)(H,22,23). The maximum Gasteiger partial charge on any atom is 0.586 e. The number of anilines is 1. The van der Waals surface area contributed by atoms with Crippen molar-refractivity contribution in [2.75, 3.05) is 12.4 Å². The van der Waals surface area contributed by atoms with Gasteiger partial charge >= 0.3 is 6.29 Å². The number of hydrogen-bond acceptors (Lipinski definition) is 4. The summed E-state index contributed by atoms with van der Waals surface area (Å²) >= 11 is 0. The number of hydrogen-bond donors (Lipinski definition) is 2. The SMILES string of the molecule is CN=C(N)c1cccc(NC(=O)c2ccc3c(c2)OC(F)(F)O3)c1F. The highest BCUT2D eigenvalue weighted by Gasteiger charge is 2.43. The number of nitrogens with two attached hydrogens (primary N) is 1. The molecule has 0 saturated carbocycles. The normalized spacial score (nSPS) is 15.1. The number of nitrogens with one attached hydrogen (secondary N) is 1. The van der Waals surface area contributed by atoms with Crippen LogP contribution in [0.2, 0.25) is 0 Å². The van der Waals surface area contributed by atoms with Crippen LogP contribution in [0.3, 0.4) is 0 Å². The number of aliphatic imine (C=N–C) groups is 1. The van der Waals surface area contributed by atoms with E-state index in [2.05, 4.69) is 19.8 Å². The maximum absolute atomic E-state index is 14.4. The van der Waals surface area contributed by atoms with Crippen molar-refractivity contribution >= 4 is 17.4 Å². The molecule has 0 spiro atoms. The predicted octanol–water partition coefficient (Wildman–Crippen LogP) is 2.73. The number of carbonyl (C=O) groups excluding carboxylic acids is 1. The van der Waals surface area contributed by atoms with Crippen molar-refractivity contribution in [3.8, 4) is 11.5 Å². The average Bonchev–Trinajstić information content (AvgIpc) is 2.88. The fourth-order valence-corrected chi connectivity index (χ4v) is 2.23. The van der Waals surface area contributed by atoms with Crippen molar-refractivity contribution in [1.82, 2.24) is 0 Å². The summed E-state index contributed by atoms with van der Waals surface area (Å²) in [5, 5.41) is 2.35. The molecule has 0 atom stereocenters. The van der Waals surface area contributed by atoms with Crippen molar-refractivity contribution in [2.24, 2.45) is 10.7 Å². The number of fused-ring (bicyclic) bond motifs is 1. The van der Waals surface area contributed by atoms with E-state index in [9.17, 15) is 18.0 Å². The molecule has 2 aromatic rings. The Hall–Kier alpha value is -3.23. The van der Waals surface area contributed by atoms with Crippen LogP contribution in [0, 0.1) is 5.82 Å². The number of alkyl halides is 2. The number of rotatable bonds is 3. The van der Waals surface area contributed by atoms with E-state index in [1.165, 1.54) is 37.4 Å². The zero-order valence-electron chi connectivity index (χ0n) is 12.8. The molecule has 0 radical (unpaired) electrons. The van der Waals surface area contributed by atoms with Gasteiger partial charge in [0.25, 0.3) is 5.91 Å². The molecule has 1 heterocycles. The molecule has 6 nitrogen and oxygen atoms in total. The summed E-state index contributed by atoms with van der Waals surface area (Å²) in [4.78, 5) is 15.9. The van der Waals surface area contributed by atoms with Gasteiger partial charge in [-0.1, -0.05) is 6.07 Å². The number of halogens is 3. The molecule has 0 aliphatic carbocycles. The van der Waals surface area contributed by atoms with Gasteiger partial charge in [0.05, 0.1) is 11.3 Å². The molecular weight excluding hydrogens is 339 g/mol. The molecule has 0 unspecified atom stereocenters. The first kappa shape index (κ1) is 16.6. The van der Waals surface area contributed by atoms with E-state index in [1.54, 1.807) is 0 Å². The van der Waals surface area contributed by atoms with Crippen LogP contribution in [0.1, 0.15) is 15.9 Å². The van der Waals surface area contributed by atoms with Gasteiger partial charge in [-0.25, -0.2) is 4.39 Å². The Morgan fingerprint density at radius 3 is 2.64 bits per heavy atom. The number of ether oxygens (including phenoxy) is 2. The zero-order chi connectivity index (χ0) is 18.2. The Bertz CT molecular complexity index is 884. The molecule has 3 rings (SSSR count). The van der Waals surface area contributed by atoms with E-state index in [1.807, 2.05) is 0 Å². The first-order valence-corrected chi connectivity index (χ1v) is 7.03. The lowest BCUT2D eigenvalue weighted by Gasteiger charge is -2.10. The third-order valence-corrected chi connectivity index (χ3v) is 3.43. The molecule has 3 N–H and O–H groups in total. The molecule has 130 valence electrons. The Balaban J connectivity index is 1.85. The van der Waals surface area contributed by atoms with Crippen molar-refractivity contribution in [1.29, 1.82) is 0 Å². The summed E-state index contributed by atoms with van der Waals surface area (Å²) < 4.78 is 48.9. The zero-order valence-corrected chi connectivity index (χ0v) is 12.8. The lowest BCUT2D eigenvalue weighted by molar-refractivity contribution is -0.286. The fourth-order valence-electron chi connectivity index (χ4n) is 2.23. The molecule has 0 bridgehead atoms. The van der Waals surface area contributed by atoms with Gasteiger partial charge in [-0.05, 0) is 30.3 Å². The summed E-state index contributed by atoms with van der Waals surface area (Å²) in [6, 6.07) is 7.74. The highest BCUT2D eigenvalue weighted by atomic mass is 19.3. The average molecular weight is 351 g/mol. The van der Waals surface area contributed by atoms with E-state index in [0.717, 1.165) is 6.07 Å². The van der Waals surface area contributed by atoms with Crippen LogP contribution in [0.25, 0.3) is 0 Å². The van der Waals surface area contributed by atoms with E-state index >= 15 is 0 Å². The Labute approximate surface area is 140 Å². The van der Waals surface area contributed by atoms with Crippen molar-refractivity contribution in [3.63, 3.8) is 0 Å². The Kier molecular flexibility index (Phi) is 3.99. The molecule has 9 heteroatoms. The summed E-state index contributed by atoms with van der Waals surface area (Å²) in [6.07, 6.45) is -3.78. The van der Waals surface area contributed by atoms with E-state index in [0.29, 0.717) is 0 Å². The van der Waals surface area contributed by atoms with E-state index < -0.39 is 18.0 Å². The molecule has 2 aromatic carbocycles. The van der Waals surface area contributed by atoms with Gasteiger partial charge < -0.3 is 20.5 Å². The second kappa shape index (κ2) is 6.00. The van der Waals surface area contributed by atoms with Crippen LogP contribution in [-0.2, 0) is 0 Å². The summed E-state index contributed by atoms with van der Waals surface area (Å²) in [5.41, 5.74) is 5.48. The molecule has 0 aromatic heterocycles. The third kappa shape index (κ3) is 3.21. The van der Waals surface area contributed by atoms with Crippen LogP contribution in [0.15, 0.2) is 41.4 Å². The highest BCUT2D eigenvalue weighted by molar-refractivity contribution is 6.06. The molecule has 0 fully saturated rings. The van der Waals surface area contributed by atoms with Gasteiger partial charge in [-0.3, -0.25) is 9.79 Å². The minimum Gasteiger partial charge on any atom is -0.395 e. The molecular formula is C16H12F3N3O3. The first-order valence-electron chi connectivity index (χ1n) is 7.03. The van der Waals surface area contributed by atoms with E-state index in [-0.39, 0.29) is 34.1 Å².